The maximum Gasteiger partial charge on any atom is 0.131 e. The molecule has 0 saturated heterocycles. The summed E-state index contributed by atoms with van der Waals surface area (Å²) in [7, 11) is 0. The zero-order valence-electron chi connectivity index (χ0n) is 24.0. The van der Waals surface area contributed by atoms with E-state index >= 15 is 0 Å². The van der Waals surface area contributed by atoms with Crippen molar-refractivity contribution in [1.82, 2.24) is 10.6 Å². The average molecular weight is 559 g/mol. The van der Waals surface area contributed by atoms with Gasteiger partial charge in [0.05, 0.1) is 6.04 Å². The number of allylic oxidation sites excluding steroid dienone is 4. The molecule has 2 aliphatic heterocycles. The van der Waals surface area contributed by atoms with Gasteiger partial charge in [-0.1, -0.05) is 127 Å². The first-order valence-electron chi connectivity index (χ1n) is 15.3. The van der Waals surface area contributed by atoms with Crippen LogP contribution in [0.3, 0.4) is 0 Å². The number of benzene rings is 4. The number of para-hydroxylation sites is 1. The van der Waals surface area contributed by atoms with Crippen molar-refractivity contribution in [1.29, 1.82) is 0 Å². The van der Waals surface area contributed by atoms with Crippen LogP contribution in [0.5, 0.6) is 0 Å². The summed E-state index contributed by atoms with van der Waals surface area (Å²) >= 11 is 0. The highest BCUT2D eigenvalue weighted by Gasteiger charge is 2.38. The van der Waals surface area contributed by atoms with E-state index in [0.717, 1.165) is 29.8 Å². The van der Waals surface area contributed by atoms with Crippen LogP contribution in [-0.2, 0) is 0 Å². The molecule has 0 saturated carbocycles. The molecule has 4 atom stereocenters. The summed E-state index contributed by atoms with van der Waals surface area (Å²) in [6, 6.07) is 39.2. The maximum absolute atomic E-state index is 5.21. The zero-order valence-corrected chi connectivity index (χ0v) is 24.0. The Morgan fingerprint density at radius 3 is 2.37 bits per heavy atom. The molecule has 4 aromatic rings. The first kappa shape index (κ1) is 25.8. The number of amidine groups is 1. The number of fused-ring (bicyclic) bond motifs is 3. The molecule has 0 amide bonds. The third-order valence-electron chi connectivity index (χ3n) is 8.89. The predicted octanol–water partition coefficient (Wildman–Crippen LogP) is 8.18. The van der Waals surface area contributed by atoms with Crippen LogP contribution < -0.4 is 15.5 Å². The molecule has 43 heavy (non-hydrogen) atoms. The molecule has 0 bridgehead atoms. The van der Waals surface area contributed by atoms with E-state index in [1.807, 2.05) is 0 Å². The van der Waals surface area contributed by atoms with Crippen molar-refractivity contribution < 1.29 is 0 Å². The SMILES string of the molecule is C1=CC(C2NC(c3cccc(N4c5ccccc5C5C=C(c6ccccc6)C=CC54)c3)=NC(c3ccccc3)N2)=CCC1. The van der Waals surface area contributed by atoms with E-state index in [1.54, 1.807) is 0 Å². The molecule has 2 N–H and O–H groups in total. The van der Waals surface area contributed by atoms with E-state index in [-0.39, 0.29) is 24.3 Å². The molecule has 8 rings (SSSR count). The van der Waals surface area contributed by atoms with Gasteiger partial charge in [0.15, 0.2) is 0 Å². The minimum Gasteiger partial charge on any atom is -0.350 e. The minimum atomic E-state index is -0.137. The second-order valence-electron chi connectivity index (χ2n) is 11.6. The molecule has 4 aromatic carbocycles. The number of hydrogen-bond acceptors (Lipinski definition) is 4. The van der Waals surface area contributed by atoms with Crippen LogP contribution in [0.25, 0.3) is 5.57 Å². The largest absolute Gasteiger partial charge is 0.350 e. The van der Waals surface area contributed by atoms with E-state index in [1.165, 1.54) is 33.6 Å². The number of anilines is 2. The number of aliphatic imine (C=N–C) groups is 1. The molecule has 2 aliphatic carbocycles. The summed E-state index contributed by atoms with van der Waals surface area (Å²) in [4.78, 5) is 7.70. The van der Waals surface area contributed by atoms with Gasteiger partial charge in [-0.15, -0.1) is 0 Å². The Morgan fingerprint density at radius 1 is 0.744 bits per heavy atom. The molecule has 4 unspecified atom stereocenters. The lowest BCUT2D eigenvalue weighted by Gasteiger charge is -2.34. The van der Waals surface area contributed by atoms with E-state index in [9.17, 15) is 0 Å². The van der Waals surface area contributed by atoms with Crippen LogP contribution in [0.1, 0.15) is 47.2 Å². The fourth-order valence-electron chi connectivity index (χ4n) is 6.81. The summed E-state index contributed by atoms with van der Waals surface area (Å²) in [5.41, 5.74) is 9.86. The molecule has 210 valence electrons. The normalized spacial score (nSPS) is 23.9. The summed E-state index contributed by atoms with van der Waals surface area (Å²) < 4.78 is 0. The smallest absolute Gasteiger partial charge is 0.131 e. The standard InChI is InChI=1S/C39H34N4/c1-4-13-27(14-5-1)30-23-24-36-34(26-30)33-21-10-11-22-35(33)43(36)32-20-12-19-31(25-32)39-41-37(28-15-6-2-7-16-28)40-38(42-39)29-17-8-3-9-18-29/h1-2,4-8,10-26,34,36-38,40H,3,9H2,(H,41,42). The van der Waals surface area contributed by atoms with Gasteiger partial charge in [-0.25, -0.2) is 4.99 Å². The molecule has 0 radical (unpaired) electrons. The summed E-state index contributed by atoms with van der Waals surface area (Å²) in [6.45, 7) is 0. The first-order chi connectivity index (χ1) is 21.3. The first-order valence-corrected chi connectivity index (χ1v) is 15.3. The molecular formula is C39H34N4. The van der Waals surface area contributed by atoms with Crippen molar-refractivity contribution in [3.63, 3.8) is 0 Å². The Hall–Kier alpha value is -4.93. The average Bonchev–Trinajstić information content (AvgIpc) is 3.43. The van der Waals surface area contributed by atoms with Crippen LogP contribution in [-0.4, -0.2) is 18.0 Å². The van der Waals surface area contributed by atoms with Gasteiger partial charge in [0, 0.05) is 22.9 Å². The lowest BCUT2D eigenvalue weighted by atomic mass is 9.86. The second kappa shape index (κ2) is 11.0. The molecule has 0 fully saturated rings. The molecule has 2 heterocycles. The highest BCUT2D eigenvalue weighted by atomic mass is 15.3. The molecule has 4 heteroatoms. The quantitative estimate of drug-likeness (QED) is 0.259. The zero-order chi connectivity index (χ0) is 28.6. The Balaban J connectivity index is 1.16. The Morgan fingerprint density at radius 2 is 1.53 bits per heavy atom. The summed E-state index contributed by atoms with van der Waals surface area (Å²) in [6.07, 6.45) is 16.0. The minimum absolute atomic E-state index is 0.0161. The van der Waals surface area contributed by atoms with Crippen LogP contribution in [0.4, 0.5) is 11.4 Å². The predicted molar refractivity (Wildman–Crippen MR) is 177 cm³/mol. The van der Waals surface area contributed by atoms with Gasteiger partial charge in [0.25, 0.3) is 0 Å². The van der Waals surface area contributed by atoms with Gasteiger partial charge in [0.1, 0.15) is 18.2 Å². The number of rotatable bonds is 5. The van der Waals surface area contributed by atoms with Crippen molar-refractivity contribution in [3.8, 4) is 0 Å². The summed E-state index contributed by atoms with van der Waals surface area (Å²) in [5.74, 6) is 1.19. The maximum atomic E-state index is 5.21. The van der Waals surface area contributed by atoms with Gasteiger partial charge >= 0.3 is 0 Å². The molecule has 0 aromatic heterocycles. The van der Waals surface area contributed by atoms with Crippen molar-refractivity contribution in [2.45, 2.75) is 37.1 Å². The van der Waals surface area contributed by atoms with Crippen molar-refractivity contribution >= 4 is 22.8 Å². The van der Waals surface area contributed by atoms with E-state index < -0.39 is 0 Å². The van der Waals surface area contributed by atoms with E-state index in [4.69, 9.17) is 4.99 Å². The van der Waals surface area contributed by atoms with Crippen LogP contribution in [0, 0.1) is 0 Å². The topological polar surface area (TPSA) is 39.7 Å². The molecular weight excluding hydrogens is 524 g/mol. The van der Waals surface area contributed by atoms with Crippen LogP contribution in [0.15, 0.2) is 156 Å². The monoisotopic (exact) mass is 558 g/mol. The van der Waals surface area contributed by atoms with Gasteiger partial charge < -0.3 is 10.2 Å². The third kappa shape index (κ3) is 4.84. The van der Waals surface area contributed by atoms with Crippen LogP contribution >= 0.6 is 0 Å². The van der Waals surface area contributed by atoms with Gasteiger partial charge in [-0.05, 0) is 58.9 Å². The highest BCUT2D eigenvalue weighted by molar-refractivity contribution is 6.01. The van der Waals surface area contributed by atoms with E-state index in [2.05, 4.69) is 161 Å². The van der Waals surface area contributed by atoms with Gasteiger partial charge in [-0.2, -0.15) is 0 Å². The number of hydrogen-bond donors (Lipinski definition) is 2. The van der Waals surface area contributed by atoms with Crippen molar-refractivity contribution in [3.05, 3.63) is 173 Å². The Bertz CT molecular complexity index is 1800. The molecule has 4 nitrogen and oxygen atoms in total. The molecule has 4 aliphatic rings. The Labute approximate surface area is 253 Å². The second-order valence-corrected chi connectivity index (χ2v) is 11.6. The Kier molecular flexibility index (Phi) is 6.62. The van der Waals surface area contributed by atoms with Crippen molar-refractivity contribution in [2.24, 2.45) is 4.99 Å². The van der Waals surface area contributed by atoms with Crippen LogP contribution in [0.2, 0.25) is 0 Å². The fraction of sp³-hybridized carbons (Fsp3) is 0.154. The summed E-state index contributed by atoms with van der Waals surface area (Å²) in [5, 5.41) is 7.47. The van der Waals surface area contributed by atoms with E-state index in [0.29, 0.717) is 0 Å². The fourth-order valence-corrected chi connectivity index (χ4v) is 6.81. The van der Waals surface area contributed by atoms with Gasteiger partial charge in [0.2, 0.25) is 0 Å². The van der Waals surface area contributed by atoms with Gasteiger partial charge in [-0.3, -0.25) is 5.32 Å². The highest BCUT2D eigenvalue weighted by Crippen LogP contribution is 2.49. The number of nitrogens with zero attached hydrogens (tertiary/aromatic N) is 2. The lowest BCUT2D eigenvalue weighted by Crippen LogP contribution is -2.52. The third-order valence-corrected chi connectivity index (χ3v) is 8.89. The number of nitrogens with one attached hydrogen (secondary N) is 2. The van der Waals surface area contributed by atoms with Crippen molar-refractivity contribution in [2.75, 3.05) is 4.90 Å². The lowest BCUT2D eigenvalue weighted by molar-refractivity contribution is 0.440. The molecule has 0 spiro atoms.